The molecular formula is C17H18N2O4. The first kappa shape index (κ1) is 15.4. The van der Waals surface area contributed by atoms with E-state index in [-0.39, 0.29) is 18.2 Å². The van der Waals surface area contributed by atoms with Crippen LogP contribution >= 0.6 is 0 Å². The fraction of sp³-hybridized carbons (Fsp3) is 0.353. The molecule has 1 aliphatic heterocycles. The summed E-state index contributed by atoms with van der Waals surface area (Å²) in [5, 5.41) is 13.0. The minimum absolute atomic E-state index is 0.152. The number of hydrogen-bond acceptors (Lipinski definition) is 4. The number of nitrogens with zero attached hydrogens (tertiary/aromatic N) is 1. The Labute approximate surface area is 133 Å². The predicted octanol–water partition coefficient (Wildman–Crippen LogP) is 1.38. The van der Waals surface area contributed by atoms with Gasteiger partial charge in [0, 0.05) is 24.1 Å². The highest BCUT2D eigenvalue weighted by Gasteiger charge is 2.28. The summed E-state index contributed by atoms with van der Waals surface area (Å²) in [6.45, 7) is 0.897. The standard InChI is InChI=1S/C17H18N2O4/c20-16(12-7-8-23-10-12)19-15(17(21)22)9-13-6-5-11-3-1-2-4-14(11)18-13/h1-6,12,15H,7-10H2,(H,19,20)(H,21,22)/t12-,15+/m0/s1. The molecule has 2 atom stereocenters. The van der Waals surface area contributed by atoms with Crippen LogP contribution in [0.2, 0.25) is 0 Å². The third-order valence-corrected chi connectivity index (χ3v) is 3.98. The average Bonchev–Trinajstić information content (AvgIpc) is 3.08. The van der Waals surface area contributed by atoms with Crippen LogP contribution in [0.4, 0.5) is 0 Å². The van der Waals surface area contributed by atoms with E-state index < -0.39 is 12.0 Å². The molecule has 23 heavy (non-hydrogen) atoms. The van der Waals surface area contributed by atoms with E-state index in [2.05, 4.69) is 10.3 Å². The normalized spacial score (nSPS) is 18.7. The molecule has 0 bridgehead atoms. The quantitative estimate of drug-likeness (QED) is 0.870. The van der Waals surface area contributed by atoms with Gasteiger partial charge >= 0.3 is 5.97 Å². The largest absolute Gasteiger partial charge is 0.480 e. The zero-order valence-electron chi connectivity index (χ0n) is 12.6. The molecule has 0 unspecified atom stereocenters. The summed E-state index contributed by atoms with van der Waals surface area (Å²) < 4.78 is 5.17. The van der Waals surface area contributed by atoms with E-state index in [9.17, 15) is 14.7 Å². The topological polar surface area (TPSA) is 88.5 Å². The molecule has 1 aromatic carbocycles. The summed E-state index contributed by atoms with van der Waals surface area (Å²) in [4.78, 5) is 28.0. The molecular weight excluding hydrogens is 296 g/mol. The Morgan fingerprint density at radius 1 is 1.30 bits per heavy atom. The van der Waals surface area contributed by atoms with Gasteiger partial charge in [-0.1, -0.05) is 24.3 Å². The molecule has 1 amide bonds. The number of hydrogen-bond donors (Lipinski definition) is 2. The van der Waals surface area contributed by atoms with Crippen LogP contribution in [-0.2, 0) is 20.7 Å². The first-order chi connectivity index (χ1) is 11.1. The van der Waals surface area contributed by atoms with Crippen LogP contribution in [0.25, 0.3) is 10.9 Å². The SMILES string of the molecule is O=C(N[C@H](Cc1ccc2ccccc2n1)C(=O)O)[C@H]1CCOC1. The summed E-state index contributed by atoms with van der Waals surface area (Å²) in [7, 11) is 0. The second-order valence-electron chi connectivity index (χ2n) is 5.66. The molecule has 120 valence electrons. The Hall–Kier alpha value is -2.47. The number of fused-ring (bicyclic) bond motifs is 1. The van der Waals surface area contributed by atoms with Crippen LogP contribution in [0.1, 0.15) is 12.1 Å². The van der Waals surface area contributed by atoms with Gasteiger partial charge < -0.3 is 15.2 Å². The van der Waals surface area contributed by atoms with Gasteiger partial charge in [0.1, 0.15) is 6.04 Å². The lowest BCUT2D eigenvalue weighted by Gasteiger charge is -2.16. The van der Waals surface area contributed by atoms with Crippen molar-refractivity contribution in [2.45, 2.75) is 18.9 Å². The van der Waals surface area contributed by atoms with Gasteiger partial charge in [0.2, 0.25) is 5.91 Å². The Morgan fingerprint density at radius 3 is 2.87 bits per heavy atom. The van der Waals surface area contributed by atoms with E-state index >= 15 is 0 Å². The molecule has 6 nitrogen and oxygen atoms in total. The maximum absolute atomic E-state index is 12.1. The maximum atomic E-state index is 12.1. The van der Waals surface area contributed by atoms with Crippen molar-refractivity contribution in [1.29, 1.82) is 0 Å². The van der Waals surface area contributed by atoms with Crippen LogP contribution in [-0.4, -0.2) is 41.2 Å². The number of carboxylic acid groups (broad SMARTS) is 1. The number of carbonyl (C=O) groups is 2. The first-order valence-corrected chi connectivity index (χ1v) is 7.59. The summed E-state index contributed by atoms with van der Waals surface area (Å²) in [6.07, 6.45) is 0.784. The number of rotatable bonds is 5. The van der Waals surface area contributed by atoms with E-state index in [1.165, 1.54) is 0 Å². The van der Waals surface area contributed by atoms with Crippen molar-refractivity contribution < 1.29 is 19.4 Å². The van der Waals surface area contributed by atoms with Gasteiger partial charge in [-0.2, -0.15) is 0 Å². The second-order valence-corrected chi connectivity index (χ2v) is 5.66. The molecule has 1 saturated heterocycles. The zero-order valence-corrected chi connectivity index (χ0v) is 12.6. The molecule has 2 aromatic rings. The Balaban J connectivity index is 1.72. The number of nitrogens with one attached hydrogen (secondary N) is 1. The lowest BCUT2D eigenvalue weighted by Crippen LogP contribution is -2.45. The molecule has 0 spiro atoms. The minimum atomic E-state index is -1.06. The molecule has 1 fully saturated rings. The Morgan fingerprint density at radius 2 is 2.13 bits per heavy atom. The summed E-state index contributed by atoms with van der Waals surface area (Å²) >= 11 is 0. The molecule has 0 aliphatic carbocycles. The van der Waals surface area contributed by atoms with Crippen LogP contribution < -0.4 is 5.32 Å². The number of aromatic nitrogens is 1. The monoisotopic (exact) mass is 314 g/mol. The van der Waals surface area contributed by atoms with Crippen LogP contribution in [0, 0.1) is 5.92 Å². The number of amides is 1. The highest BCUT2D eigenvalue weighted by atomic mass is 16.5. The number of pyridine rings is 1. The van der Waals surface area contributed by atoms with Gasteiger partial charge in [-0.05, 0) is 18.6 Å². The van der Waals surface area contributed by atoms with Crippen molar-refractivity contribution in [1.82, 2.24) is 10.3 Å². The van der Waals surface area contributed by atoms with E-state index in [1.54, 1.807) is 6.07 Å². The van der Waals surface area contributed by atoms with Crippen molar-refractivity contribution in [2.75, 3.05) is 13.2 Å². The highest BCUT2D eigenvalue weighted by Crippen LogP contribution is 2.15. The number of ether oxygens (including phenoxy) is 1. The average molecular weight is 314 g/mol. The van der Waals surface area contributed by atoms with E-state index in [0.29, 0.717) is 25.3 Å². The van der Waals surface area contributed by atoms with E-state index in [0.717, 1.165) is 10.9 Å². The number of benzene rings is 1. The maximum Gasteiger partial charge on any atom is 0.326 e. The summed E-state index contributed by atoms with van der Waals surface area (Å²) in [6, 6.07) is 10.3. The van der Waals surface area contributed by atoms with Crippen molar-refractivity contribution in [3.63, 3.8) is 0 Å². The number of carbonyl (C=O) groups excluding carboxylic acids is 1. The van der Waals surface area contributed by atoms with E-state index in [1.807, 2.05) is 30.3 Å². The van der Waals surface area contributed by atoms with Gasteiger partial charge in [-0.15, -0.1) is 0 Å². The Bertz CT molecular complexity index is 725. The number of carboxylic acids is 1. The molecule has 6 heteroatoms. The molecule has 0 saturated carbocycles. The first-order valence-electron chi connectivity index (χ1n) is 7.59. The van der Waals surface area contributed by atoms with E-state index in [4.69, 9.17) is 4.74 Å². The smallest absolute Gasteiger partial charge is 0.326 e. The molecule has 3 rings (SSSR count). The summed E-state index contributed by atoms with van der Waals surface area (Å²) in [5.74, 6) is -1.59. The van der Waals surface area contributed by atoms with Crippen molar-refractivity contribution in [3.8, 4) is 0 Å². The van der Waals surface area contributed by atoms with Gasteiger partial charge in [-0.25, -0.2) is 4.79 Å². The fourth-order valence-electron chi connectivity index (χ4n) is 2.66. The molecule has 1 aliphatic rings. The van der Waals surface area contributed by atoms with Gasteiger partial charge in [-0.3, -0.25) is 9.78 Å². The molecule has 1 aromatic heterocycles. The second kappa shape index (κ2) is 6.75. The molecule has 2 N–H and O–H groups in total. The third-order valence-electron chi connectivity index (χ3n) is 3.98. The van der Waals surface area contributed by atoms with Crippen molar-refractivity contribution in [2.24, 2.45) is 5.92 Å². The molecule has 2 heterocycles. The predicted molar refractivity (Wildman–Crippen MR) is 83.9 cm³/mol. The van der Waals surface area contributed by atoms with Crippen LogP contribution in [0.3, 0.4) is 0 Å². The molecule has 0 radical (unpaired) electrons. The number of para-hydroxylation sites is 1. The summed E-state index contributed by atoms with van der Waals surface area (Å²) in [5.41, 5.74) is 1.45. The minimum Gasteiger partial charge on any atom is -0.480 e. The third kappa shape index (κ3) is 3.65. The van der Waals surface area contributed by atoms with Gasteiger partial charge in [0.25, 0.3) is 0 Å². The highest BCUT2D eigenvalue weighted by molar-refractivity contribution is 5.85. The zero-order chi connectivity index (χ0) is 16.2. The van der Waals surface area contributed by atoms with Crippen molar-refractivity contribution >= 4 is 22.8 Å². The lowest BCUT2D eigenvalue weighted by atomic mass is 10.1. The van der Waals surface area contributed by atoms with Crippen LogP contribution in [0.15, 0.2) is 36.4 Å². The van der Waals surface area contributed by atoms with Crippen LogP contribution in [0.5, 0.6) is 0 Å². The van der Waals surface area contributed by atoms with Gasteiger partial charge in [0.15, 0.2) is 0 Å². The van der Waals surface area contributed by atoms with Gasteiger partial charge in [0.05, 0.1) is 18.0 Å². The van der Waals surface area contributed by atoms with Crippen molar-refractivity contribution in [3.05, 3.63) is 42.1 Å². The fourth-order valence-corrected chi connectivity index (χ4v) is 2.66. The lowest BCUT2D eigenvalue weighted by molar-refractivity contribution is -0.142. The number of aliphatic carboxylic acids is 1. The Kier molecular flexibility index (Phi) is 4.52.